The highest BCUT2D eigenvalue weighted by molar-refractivity contribution is 5.55. The Kier molecular flexibility index (Phi) is 1.91. The van der Waals surface area contributed by atoms with Gasteiger partial charge in [-0.3, -0.25) is 0 Å². The third-order valence-electron chi connectivity index (χ3n) is 2.81. The Morgan fingerprint density at radius 1 is 1.00 bits per heavy atom. The van der Waals surface area contributed by atoms with E-state index in [-0.39, 0.29) is 0 Å². The van der Waals surface area contributed by atoms with E-state index in [0.717, 1.165) is 29.0 Å². The second-order valence-corrected chi connectivity index (χ2v) is 3.78. The fraction of sp³-hybridized carbons (Fsp3) is 0.0714. The lowest BCUT2D eigenvalue weighted by atomic mass is 9.96. The van der Waals surface area contributed by atoms with Gasteiger partial charge in [0.15, 0.2) is 0 Å². The summed E-state index contributed by atoms with van der Waals surface area (Å²) in [4.78, 5) is 0. The molecule has 1 heterocycles. The molecule has 0 aliphatic carbocycles. The van der Waals surface area contributed by atoms with Crippen molar-refractivity contribution in [3.8, 4) is 17.6 Å². The number of benzene rings is 2. The van der Waals surface area contributed by atoms with Gasteiger partial charge in [-0.25, -0.2) is 0 Å². The fourth-order valence-electron chi connectivity index (χ4n) is 2.01. The molecule has 0 atom stereocenters. The minimum atomic E-state index is 0.701. The minimum Gasteiger partial charge on any atom is -0.457 e. The highest BCUT2D eigenvalue weighted by Crippen LogP contribution is 2.37. The van der Waals surface area contributed by atoms with Gasteiger partial charge in [-0.1, -0.05) is 24.3 Å². The van der Waals surface area contributed by atoms with E-state index in [2.05, 4.69) is 6.07 Å². The van der Waals surface area contributed by atoms with Crippen LogP contribution in [0.5, 0.6) is 11.5 Å². The van der Waals surface area contributed by atoms with Crippen molar-refractivity contribution in [2.45, 2.75) is 6.42 Å². The average Bonchev–Trinajstić information content (AvgIpc) is 2.35. The van der Waals surface area contributed by atoms with Crippen molar-refractivity contribution in [2.75, 3.05) is 0 Å². The zero-order valence-corrected chi connectivity index (χ0v) is 8.60. The first-order valence-corrected chi connectivity index (χ1v) is 5.16. The SMILES string of the molecule is N#Cc1cccc2c1Cc1ccccc1O2. The average molecular weight is 207 g/mol. The summed E-state index contributed by atoms with van der Waals surface area (Å²) in [5, 5.41) is 9.04. The Hall–Kier alpha value is -2.27. The molecule has 0 aromatic heterocycles. The zero-order valence-electron chi connectivity index (χ0n) is 8.60. The van der Waals surface area contributed by atoms with Crippen molar-refractivity contribution in [2.24, 2.45) is 0 Å². The number of hydrogen-bond acceptors (Lipinski definition) is 2. The number of hydrogen-bond donors (Lipinski definition) is 0. The quantitative estimate of drug-likeness (QED) is 0.566. The number of para-hydroxylation sites is 1. The maximum Gasteiger partial charge on any atom is 0.132 e. The molecule has 0 amide bonds. The monoisotopic (exact) mass is 207 g/mol. The summed E-state index contributed by atoms with van der Waals surface area (Å²) in [7, 11) is 0. The van der Waals surface area contributed by atoms with Gasteiger partial charge in [-0.15, -0.1) is 0 Å². The van der Waals surface area contributed by atoms with E-state index >= 15 is 0 Å². The molecule has 0 radical (unpaired) electrons. The van der Waals surface area contributed by atoms with E-state index in [9.17, 15) is 0 Å². The standard InChI is InChI=1S/C14H9NO/c15-9-11-5-3-7-14-12(11)8-10-4-1-2-6-13(10)16-14/h1-7H,8H2. The molecular formula is C14H9NO. The first kappa shape index (κ1) is 8.99. The molecule has 2 nitrogen and oxygen atoms in total. The molecule has 76 valence electrons. The molecule has 0 fully saturated rings. The molecule has 1 aliphatic heterocycles. The van der Waals surface area contributed by atoms with E-state index < -0.39 is 0 Å². The number of rotatable bonds is 0. The topological polar surface area (TPSA) is 33.0 Å². The first-order valence-electron chi connectivity index (χ1n) is 5.16. The zero-order chi connectivity index (χ0) is 11.0. The van der Waals surface area contributed by atoms with Gasteiger partial charge in [0.25, 0.3) is 0 Å². The Morgan fingerprint density at radius 3 is 2.69 bits per heavy atom. The predicted molar refractivity (Wildman–Crippen MR) is 60.5 cm³/mol. The lowest BCUT2D eigenvalue weighted by molar-refractivity contribution is 0.460. The van der Waals surface area contributed by atoms with Crippen LogP contribution in [0.25, 0.3) is 0 Å². The smallest absolute Gasteiger partial charge is 0.132 e. The van der Waals surface area contributed by atoms with Crippen LogP contribution >= 0.6 is 0 Å². The van der Waals surface area contributed by atoms with Crippen molar-refractivity contribution in [3.05, 3.63) is 59.2 Å². The number of nitriles is 1. The largest absolute Gasteiger partial charge is 0.457 e. The molecule has 0 saturated heterocycles. The first-order chi connectivity index (χ1) is 7.88. The van der Waals surface area contributed by atoms with Crippen LogP contribution in [0.4, 0.5) is 0 Å². The van der Waals surface area contributed by atoms with Crippen LogP contribution in [0.1, 0.15) is 16.7 Å². The molecule has 2 aromatic carbocycles. The Balaban J connectivity index is 2.16. The van der Waals surface area contributed by atoms with Crippen molar-refractivity contribution in [1.82, 2.24) is 0 Å². The summed E-state index contributed by atoms with van der Waals surface area (Å²) in [5.41, 5.74) is 2.83. The molecule has 16 heavy (non-hydrogen) atoms. The molecule has 0 spiro atoms. The summed E-state index contributed by atoms with van der Waals surface area (Å²) in [6.45, 7) is 0. The Labute approximate surface area is 93.7 Å². The molecule has 3 rings (SSSR count). The maximum atomic E-state index is 9.04. The molecule has 0 unspecified atom stereocenters. The summed E-state index contributed by atoms with van der Waals surface area (Å²) in [6.07, 6.45) is 0.773. The predicted octanol–water partition coefficient (Wildman–Crippen LogP) is 3.25. The lowest BCUT2D eigenvalue weighted by Gasteiger charge is -2.20. The van der Waals surface area contributed by atoms with E-state index in [1.807, 2.05) is 42.5 Å². The van der Waals surface area contributed by atoms with Gasteiger partial charge in [-0.05, 0) is 23.8 Å². The fourth-order valence-corrected chi connectivity index (χ4v) is 2.01. The van der Waals surface area contributed by atoms with E-state index in [1.54, 1.807) is 0 Å². The summed E-state index contributed by atoms with van der Waals surface area (Å²) in [6, 6.07) is 15.7. The van der Waals surface area contributed by atoms with Gasteiger partial charge in [0.05, 0.1) is 11.6 Å². The minimum absolute atomic E-state index is 0.701. The van der Waals surface area contributed by atoms with E-state index in [1.165, 1.54) is 0 Å². The Bertz CT molecular complexity index is 596. The third kappa shape index (κ3) is 1.26. The highest BCUT2D eigenvalue weighted by atomic mass is 16.5. The van der Waals surface area contributed by atoms with Gasteiger partial charge in [0.1, 0.15) is 11.5 Å². The molecular weight excluding hydrogens is 198 g/mol. The van der Waals surface area contributed by atoms with Crippen LogP contribution in [0.2, 0.25) is 0 Å². The van der Waals surface area contributed by atoms with Crippen LogP contribution in [-0.4, -0.2) is 0 Å². The molecule has 2 aromatic rings. The van der Waals surface area contributed by atoms with E-state index in [4.69, 9.17) is 10.00 Å². The number of ether oxygens (including phenoxy) is 1. The van der Waals surface area contributed by atoms with Gasteiger partial charge >= 0.3 is 0 Å². The summed E-state index contributed by atoms with van der Waals surface area (Å²) >= 11 is 0. The van der Waals surface area contributed by atoms with Crippen LogP contribution in [0.3, 0.4) is 0 Å². The number of nitrogens with zero attached hydrogens (tertiary/aromatic N) is 1. The van der Waals surface area contributed by atoms with Crippen LogP contribution < -0.4 is 4.74 Å². The second kappa shape index (κ2) is 3.39. The van der Waals surface area contributed by atoms with E-state index in [0.29, 0.717) is 5.56 Å². The van der Waals surface area contributed by atoms with Crippen molar-refractivity contribution in [3.63, 3.8) is 0 Å². The summed E-state index contributed by atoms with van der Waals surface area (Å²) < 4.78 is 5.77. The van der Waals surface area contributed by atoms with Gasteiger partial charge in [0, 0.05) is 12.0 Å². The Morgan fingerprint density at radius 2 is 1.81 bits per heavy atom. The van der Waals surface area contributed by atoms with Crippen molar-refractivity contribution < 1.29 is 4.74 Å². The maximum absolute atomic E-state index is 9.04. The van der Waals surface area contributed by atoms with Gasteiger partial charge < -0.3 is 4.74 Å². The number of fused-ring (bicyclic) bond motifs is 2. The lowest BCUT2D eigenvalue weighted by Crippen LogP contribution is -2.04. The molecule has 0 bridgehead atoms. The van der Waals surface area contributed by atoms with Gasteiger partial charge in [-0.2, -0.15) is 5.26 Å². The highest BCUT2D eigenvalue weighted by Gasteiger charge is 2.18. The normalized spacial score (nSPS) is 11.9. The third-order valence-corrected chi connectivity index (χ3v) is 2.81. The molecule has 0 saturated carbocycles. The van der Waals surface area contributed by atoms with Crippen LogP contribution in [0.15, 0.2) is 42.5 Å². The summed E-state index contributed by atoms with van der Waals surface area (Å²) in [5.74, 6) is 1.70. The molecule has 1 aliphatic rings. The second-order valence-electron chi connectivity index (χ2n) is 3.78. The van der Waals surface area contributed by atoms with Crippen LogP contribution in [0, 0.1) is 11.3 Å². The molecule has 0 N–H and O–H groups in total. The van der Waals surface area contributed by atoms with Gasteiger partial charge in [0.2, 0.25) is 0 Å². The molecule has 2 heteroatoms. The van der Waals surface area contributed by atoms with Crippen molar-refractivity contribution in [1.29, 1.82) is 5.26 Å². The van der Waals surface area contributed by atoms with Crippen LogP contribution in [-0.2, 0) is 6.42 Å². The van der Waals surface area contributed by atoms with Crippen molar-refractivity contribution >= 4 is 0 Å².